The summed E-state index contributed by atoms with van der Waals surface area (Å²) in [4.78, 5) is 12.4. The van der Waals surface area contributed by atoms with Gasteiger partial charge < -0.3 is 10.5 Å². The fourth-order valence-corrected chi connectivity index (χ4v) is 2.62. The molecule has 3 rings (SSSR count). The van der Waals surface area contributed by atoms with Crippen molar-refractivity contribution in [1.29, 1.82) is 0 Å². The van der Waals surface area contributed by atoms with Crippen molar-refractivity contribution in [3.8, 4) is 5.75 Å². The molecule has 0 saturated heterocycles. The van der Waals surface area contributed by atoms with Crippen molar-refractivity contribution in [2.45, 2.75) is 13.0 Å². The Kier molecular flexibility index (Phi) is 7.12. The van der Waals surface area contributed by atoms with Crippen LogP contribution in [-0.2, 0) is 6.54 Å². The molecule has 5 nitrogen and oxygen atoms in total. The van der Waals surface area contributed by atoms with Crippen LogP contribution in [0.3, 0.4) is 0 Å². The van der Waals surface area contributed by atoms with Gasteiger partial charge in [0, 0.05) is 11.9 Å². The van der Waals surface area contributed by atoms with Crippen LogP contribution in [0.15, 0.2) is 53.5 Å². The Bertz CT molecular complexity index is 949. The van der Waals surface area contributed by atoms with Gasteiger partial charge in [-0.15, -0.1) is 17.0 Å². The van der Waals surface area contributed by atoms with Gasteiger partial charge in [-0.1, -0.05) is 30.4 Å². The quantitative estimate of drug-likeness (QED) is 0.625. The topological polar surface area (TPSA) is 70.1 Å². The zero-order valence-electron chi connectivity index (χ0n) is 14.6. The lowest BCUT2D eigenvalue weighted by molar-refractivity contribution is 0.415. The Labute approximate surface area is 162 Å². The minimum atomic E-state index is -0.0726. The van der Waals surface area contributed by atoms with E-state index in [0.29, 0.717) is 18.5 Å². The maximum atomic E-state index is 12.4. The molecule has 0 bridgehead atoms. The van der Waals surface area contributed by atoms with E-state index < -0.39 is 0 Å². The molecule has 0 spiro atoms. The summed E-state index contributed by atoms with van der Waals surface area (Å²) in [5.41, 5.74) is 7.52. The van der Waals surface area contributed by atoms with Gasteiger partial charge in [-0.25, -0.2) is 4.68 Å². The third kappa shape index (κ3) is 4.59. The number of rotatable bonds is 6. The number of hydrogen-bond donors (Lipinski definition) is 1. The lowest BCUT2D eigenvalue weighted by atomic mass is 10.1. The molecule has 0 fully saturated rings. The van der Waals surface area contributed by atoms with Crippen LogP contribution in [0.25, 0.3) is 22.9 Å². The molecule has 6 heteroatoms. The molecule has 0 aliphatic heterocycles. The molecule has 0 aliphatic rings. The zero-order valence-corrected chi connectivity index (χ0v) is 16.3. The van der Waals surface area contributed by atoms with Crippen LogP contribution < -0.4 is 16.0 Å². The first-order valence-electron chi connectivity index (χ1n) is 8.23. The van der Waals surface area contributed by atoms with Crippen LogP contribution in [0, 0.1) is 0 Å². The average molecular weight is 416 g/mol. The van der Waals surface area contributed by atoms with Gasteiger partial charge in [-0.05, 0) is 48.4 Å². The molecule has 0 atom stereocenters. The summed E-state index contributed by atoms with van der Waals surface area (Å²) in [6.45, 7) is 1.09. The predicted octanol–water partition coefficient (Wildman–Crippen LogP) is 3.50. The second-order valence-electron chi connectivity index (χ2n) is 5.77. The molecule has 2 N–H and O–H groups in total. The summed E-state index contributed by atoms with van der Waals surface area (Å²) < 4.78 is 6.63. The second-order valence-corrected chi connectivity index (χ2v) is 5.77. The molecule has 1 aromatic heterocycles. The fraction of sp³-hybridized carbons (Fsp3) is 0.200. The number of aryl methyl sites for hydroxylation is 1. The smallest absolute Gasteiger partial charge is 0.274 e. The number of aromatic nitrogens is 2. The third-order valence-corrected chi connectivity index (χ3v) is 4.03. The van der Waals surface area contributed by atoms with Crippen LogP contribution in [0.2, 0.25) is 0 Å². The lowest BCUT2D eigenvalue weighted by Crippen LogP contribution is -2.23. The Morgan fingerprint density at radius 3 is 2.50 bits per heavy atom. The number of fused-ring (bicyclic) bond motifs is 1. The number of halogens is 1. The number of ether oxygens (including phenoxy) is 1. The van der Waals surface area contributed by atoms with E-state index in [1.807, 2.05) is 54.6 Å². The highest BCUT2D eigenvalue weighted by Gasteiger charge is 2.04. The van der Waals surface area contributed by atoms with Crippen LogP contribution in [0.1, 0.15) is 17.5 Å². The molecule has 0 radical (unpaired) electrons. The number of hydrogen-bond acceptors (Lipinski definition) is 4. The molecule has 26 heavy (non-hydrogen) atoms. The standard InChI is InChI=1S/C20H21N3O2.BrH/c1-25-18-8-5-15(6-9-18)3-4-16-7-10-19-17(13-16)14-22-23(20(19)24)12-2-11-21;/h3-10,13-14H,2,11-12,21H2,1H3;1H/b4-3+;. The lowest BCUT2D eigenvalue weighted by Gasteiger charge is -2.05. The van der Waals surface area contributed by atoms with E-state index in [-0.39, 0.29) is 22.5 Å². The molecule has 0 amide bonds. The Morgan fingerprint density at radius 1 is 1.12 bits per heavy atom. The fourth-order valence-electron chi connectivity index (χ4n) is 2.62. The van der Waals surface area contributed by atoms with E-state index in [2.05, 4.69) is 5.10 Å². The van der Waals surface area contributed by atoms with Crippen LogP contribution in [-0.4, -0.2) is 23.4 Å². The van der Waals surface area contributed by atoms with E-state index in [4.69, 9.17) is 10.5 Å². The molecular weight excluding hydrogens is 394 g/mol. The minimum absolute atomic E-state index is 0. The molecule has 136 valence electrons. The molecule has 2 aromatic carbocycles. The summed E-state index contributed by atoms with van der Waals surface area (Å²) in [5, 5.41) is 5.75. The first-order valence-corrected chi connectivity index (χ1v) is 8.23. The Morgan fingerprint density at radius 2 is 1.81 bits per heavy atom. The molecular formula is C20H22BrN3O2. The highest BCUT2D eigenvalue weighted by molar-refractivity contribution is 8.93. The van der Waals surface area contributed by atoms with Crippen molar-refractivity contribution in [3.05, 3.63) is 70.1 Å². The van der Waals surface area contributed by atoms with Crippen molar-refractivity contribution < 1.29 is 4.74 Å². The van der Waals surface area contributed by atoms with Gasteiger partial charge in [-0.3, -0.25) is 4.79 Å². The summed E-state index contributed by atoms with van der Waals surface area (Å²) in [7, 11) is 1.65. The van der Waals surface area contributed by atoms with Crippen LogP contribution in [0.4, 0.5) is 0 Å². The Balaban J connectivity index is 0.00000243. The highest BCUT2D eigenvalue weighted by atomic mass is 79.9. The maximum Gasteiger partial charge on any atom is 0.274 e. The average Bonchev–Trinajstić information content (AvgIpc) is 2.66. The third-order valence-electron chi connectivity index (χ3n) is 4.03. The van der Waals surface area contributed by atoms with E-state index in [9.17, 15) is 4.79 Å². The van der Waals surface area contributed by atoms with E-state index in [1.54, 1.807) is 13.3 Å². The Hall–Kier alpha value is -2.44. The summed E-state index contributed by atoms with van der Waals surface area (Å²) in [6, 6.07) is 13.6. The summed E-state index contributed by atoms with van der Waals surface area (Å²) in [6.07, 6.45) is 6.51. The molecule has 1 heterocycles. The number of nitrogens with zero attached hydrogens (tertiary/aromatic N) is 2. The predicted molar refractivity (Wildman–Crippen MR) is 112 cm³/mol. The molecule has 0 unspecified atom stereocenters. The van der Waals surface area contributed by atoms with Gasteiger partial charge in [0.05, 0.1) is 18.7 Å². The molecule has 0 aliphatic carbocycles. The zero-order chi connectivity index (χ0) is 17.6. The van der Waals surface area contributed by atoms with E-state index in [0.717, 1.165) is 28.7 Å². The summed E-state index contributed by atoms with van der Waals surface area (Å²) in [5.74, 6) is 0.833. The van der Waals surface area contributed by atoms with E-state index >= 15 is 0 Å². The van der Waals surface area contributed by atoms with Gasteiger partial charge in [0.2, 0.25) is 0 Å². The SMILES string of the molecule is Br.COc1ccc(/C=C/c2ccc3c(=O)n(CCCN)ncc3c2)cc1. The van der Waals surface area contributed by atoms with Gasteiger partial charge in [0.1, 0.15) is 5.75 Å². The van der Waals surface area contributed by atoms with Crippen LogP contribution in [0.5, 0.6) is 5.75 Å². The summed E-state index contributed by atoms with van der Waals surface area (Å²) >= 11 is 0. The molecule has 0 saturated carbocycles. The van der Waals surface area contributed by atoms with Gasteiger partial charge in [0.15, 0.2) is 0 Å². The first kappa shape index (κ1) is 19.9. The van der Waals surface area contributed by atoms with Gasteiger partial charge in [0.25, 0.3) is 5.56 Å². The second kappa shape index (κ2) is 9.31. The highest BCUT2D eigenvalue weighted by Crippen LogP contribution is 2.16. The van der Waals surface area contributed by atoms with Crippen LogP contribution >= 0.6 is 17.0 Å². The largest absolute Gasteiger partial charge is 0.497 e. The van der Waals surface area contributed by atoms with E-state index in [1.165, 1.54) is 4.68 Å². The minimum Gasteiger partial charge on any atom is -0.497 e. The number of methoxy groups -OCH3 is 1. The van der Waals surface area contributed by atoms with Gasteiger partial charge >= 0.3 is 0 Å². The first-order chi connectivity index (χ1) is 12.2. The monoisotopic (exact) mass is 415 g/mol. The number of nitrogens with two attached hydrogens (primary N) is 1. The number of benzene rings is 2. The van der Waals surface area contributed by atoms with Crippen molar-refractivity contribution in [3.63, 3.8) is 0 Å². The van der Waals surface area contributed by atoms with Crippen molar-refractivity contribution in [2.75, 3.05) is 13.7 Å². The molecule has 3 aromatic rings. The van der Waals surface area contributed by atoms with Crippen molar-refractivity contribution >= 4 is 39.9 Å². The normalized spacial score (nSPS) is 10.8. The van der Waals surface area contributed by atoms with Gasteiger partial charge in [-0.2, -0.15) is 5.10 Å². The maximum absolute atomic E-state index is 12.4. The van der Waals surface area contributed by atoms with Crippen molar-refractivity contribution in [1.82, 2.24) is 9.78 Å². The van der Waals surface area contributed by atoms with Crippen molar-refractivity contribution in [2.24, 2.45) is 5.73 Å².